The molecule has 2 aliphatic heterocycles. The fraction of sp³-hybridized carbons (Fsp3) is 0.562. The van der Waals surface area contributed by atoms with Crippen LogP contribution in [0.5, 0.6) is 0 Å². The van der Waals surface area contributed by atoms with Gasteiger partial charge in [0.15, 0.2) is 0 Å². The van der Waals surface area contributed by atoms with Crippen LogP contribution in [0.25, 0.3) is 0 Å². The Bertz CT molecular complexity index is 590. The van der Waals surface area contributed by atoms with Gasteiger partial charge in [0.05, 0.1) is 24.3 Å². The van der Waals surface area contributed by atoms with E-state index in [-0.39, 0.29) is 23.9 Å². The highest BCUT2D eigenvalue weighted by atomic mass is 16.5. The quantitative estimate of drug-likeness (QED) is 0.827. The van der Waals surface area contributed by atoms with Crippen LogP contribution in [0.2, 0.25) is 0 Å². The predicted molar refractivity (Wildman–Crippen MR) is 80.4 cm³/mol. The lowest BCUT2D eigenvalue weighted by atomic mass is 10.1. The second kappa shape index (κ2) is 6.04. The molecule has 22 heavy (non-hydrogen) atoms. The summed E-state index contributed by atoms with van der Waals surface area (Å²) in [7, 11) is 1.63. The summed E-state index contributed by atoms with van der Waals surface area (Å²) in [6.45, 7) is 3.75. The van der Waals surface area contributed by atoms with Crippen LogP contribution in [0.1, 0.15) is 28.8 Å². The van der Waals surface area contributed by atoms with E-state index in [4.69, 9.17) is 4.74 Å². The third-order valence-electron chi connectivity index (χ3n) is 4.53. The van der Waals surface area contributed by atoms with Crippen LogP contribution < -0.4 is 0 Å². The van der Waals surface area contributed by atoms with Crippen LogP contribution in [0.15, 0.2) is 18.5 Å². The first-order valence-corrected chi connectivity index (χ1v) is 7.63. The van der Waals surface area contributed by atoms with E-state index in [2.05, 4.69) is 4.98 Å². The fourth-order valence-electron chi connectivity index (χ4n) is 3.50. The van der Waals surface area contributed by atoms with Gasteiger partial charge in [-0.3, -0.25) is 14.6 Å². The van der Waals surface area contributed by atoms with Crippen molar-refractivity contribution in [3.8, 4) is 0 Å². The average molecular weight is 303 g/mol. The summed E-state index contributed by atoms with van der Waals surface area (Å²) in [6.07, 6.45) is 4.59. The SMILES string of the molecule is COCCN1C(=O)C[C@@H]2[C@H]1CCN2C(=O)c1cncc(C)c1. The Morgan fingerprint density at radius 3 is 2.95 bits per heavy atom. The second-order valence-corrected chi connectivity index (χ2v) is 5.96. The van der Waals surface area contributed by atoms with Crippen molar-refractivity contribution in [3.05, 3.63) is 29.6 Å². The topological polar surface area (TPSA) is 62.7 Å². The summed E-state index contributed by atoms with van der Waals surface area (Å²) < 4.78 is 5.07. The van der Waals surface area contributed by atoms with Gasteiger partial charge in [-0.05, 0) is 25.0 Å². The zero-order valence-electron chi connectivity index (χ0n) is 13.0. The van der Waals surface area contributed by atoms with E-state index < -0.39 is 0 Å². The Labute approximate surface area is 130 Å². The highest BCUT2D eigenvalue weighted by molar-refractivity contribution is 5.95. The average Bonchev–Trinajstić information content (AvgIpc) is 3.03. The van der Waals surface area contributed by atoms with E-state index in [1.807, 2.05) is 22.8 Å². The maximum Gasteiger partial charge on any atom is 0.255 e. The third kappa shape index (κ3) is 2.59. The Hall–Kier alpha value is -1.95. The number of aromatic nitrogens is 1. The van der Waals surface area contributed by atoms with Gasteiger partial charge in [-0.2, -0.15) is 0 Å². The lowest BCUT2D eigenvalue weighted by molar-refractivity contribution is -0.129. The van der Waals surface area contributed by atoms with E-state index in [1.54, 1.807) is 19.5 Å². The molecule has 6 nitrogen and oxygen atoms in total. The molecule has 0 radical (unpaired) electrons. The molecule has 2 amide bonds. The van der Waals surface area contributed by atoms with Crippen molar-refractivity contribution in [2.24, 2.45) is 0 Å². The zero-order chi connectivity index (χ0) is 15.7. The predicted octanol–water partition coefficient (Wildman–Crippen LogP) is 0.852. The Morgan fingerprint density at radius 1 is 1.41 bits per heavy atom. The molecule has 0 unspecified atom stereocenters. The highest BCUT2D eigenvalue weighted by Crippen LogP contribution is 2.33. The van der Waals surface area contributed by atoms with Crippen molar-refractivity contribution in [1.82, 2.24) is 14.8 Å². The Balaban J connectivity index is 1.75. The van der Waals surface area contributed by atoms with Crippen molar-refractivity contribution in [3.63, 3.8) is 0 Å². The summed E-state index contributed by atoms with van der Waals surface area (Å²) >= 11 is 0. The van der Waals surface area contributed by atoms with E-state index in [1.165, 1.54) is 0 Å². The Kier molecular flexibility index (Phi) is 4.11. The molecule has 0 aliphatic carbocycles. The minimum absolute atomic E-state index is 0.0163. The molecular weight excluding hydrogens is 282 g/mol. The summed E-state index contributed by atoms with van der Waals surface area (Å²) in [5.74, 6) is 0.0945. The molecule has 6 heteroatoms. The molecule has 3 rings (SSSR count). The molecule has 1 aromatic heterocycles. The van der Waals surface area contributed by atoms with Crippen LogP contribution in [-0.2, 0) is 9.53 Å². The van der Waals surface area contributed by atoms with Gasteiger partial charge >= 0.3 is 0 Å². The molecule has 118 valence electrons. The van der Waals surface area contributed by atoms with Crippen LogP contribution in [0.4, 0.5) is 0 Å². The largest absolute Gasteiger partial charge is 0.383 e. The molecule has 0 spiro atoms. The van der Waals surface area contributed by atoms with E-state index in [0.29, 0.717) is 31.7 Å². The lowest BCUT2D eigenvalue weighted by Gasteiger charge is -2.25. The maximum atomic E-state index is 12.7. The first kappa shape index (κ1) is 15.0. The molecule has 0 bridgehead atoms. The second-order valence-electron chi connectivity index (χ2n) is 5.96. The summed E-state index contributed by atoms with van der Waals surface area (Å²) in [5.41, 5.74) is 1.56. The molecule has 0 aromatic carbocycles. The maximum absolute atomic E-state index is 12.7. The number of carbonyl (C=O) groups is 2. The molecule has 2 fully saturated rings. The number of hydrogen-bond donors (Lipinski definition) is 0. The number of hydrogen-bond acceptors (Lipinski definition) is 4. The van der Waals surface area contributed by atoms with Crippen LogP contribution in [-0.4, -0.2) is 65.5 Å². The zero-order valence-corrected chi connectivity index (χ0v) is 13.0. The smallest absolute Gasteiger partial charge is 0.255 e. The number of ether oxygens (including phenoxy) is 1. The number of carbonyl (C=O) groups excluding carboxylic acids is 2. The molecule has 3 heterocycles. The molecule has 2 aliphatic rings. The van der Waals surface area contributed by atoms with E-state index in [0.717, 1.165) is 12.0 Å². The number of likely N-dealkylation sites (tertiary alicyclic amines) is 2. The van der Waals surface area contributed by atoms with Crippen LogP contribution in [0.3, 0.4) is 0 Å². The van der Waals surface area contributed by atoms with E-state index in [9.17, 15) is 9.59 Å². The standard InChI is InChI=1S/C16H21N3O3/c1-11-7-12(10-17-9-11)16(21)19-4-3-13-14(19)8-15(20)18(13)5-6-22-2/h7,9-10,13-14H,3-6,8H2,1-2H3/t13-,14-/m1/s1. The number of aryl methyl sites for hydroxylation is 1. The van der Waals surface area contributed by atoms with Gasteiger partial charge in [-0.1, -0.05) is 0 Å². The summed E-state index contributed by atoms with van der Waals surface area (Å²) in [5, 5.41) is 0. The van der Waals surface area contributed by atoms with Crippen LogP contribution in [0, 0.1) is 6.92 Å². The first-order valence-electron chi connectivity index (χ1n) is 7.63. The minimum Gasteiger partial charge on any atom is -0.383 e. The Morgan fingerprint density at radius 2 is 2.23 bits per heavy atom. The monoisotopic (exact) mass is 303 g/mol. The van der Waals surface area contributed by atoms with Crippen molar-refractivity contribution < 1.29 is 14.3 Å². The third-order valence-corrected chi connectivity index (χ3v) is 4.53. The van der Waals surface area contributed by atoms with E-state index >= 15 is 0 Å². The van der Waals surface area contributed by atoms with Gasteiger partial charge in [-0.25, -0.2) is 0 Å². The highest BCUT2D eigenvalue weighted by Gasteiger charge is 2.48. The number of rotatable bonds is 4. The minimum atomic E-state index is -0.0231. The number of methoxy groups -OCH3 is 1. The van der Waals surface area contributed by atoms with Gasteiger partial charge in [0, 0.05) is 39.0 Å². The first-order chi connectivity index (χ1) is 10.6. The van der Waals surface area contributed by atoms with Gasteiger partial charge in [0.25, 0.3) is 5.91 Å². The van der Waals surface area contributed by atoms with Crippen molar-refractivity contribution in [2.75, 3.05) is 26.8 Å². The van der Waals surface area contributed by atoms with Gasteiger partial charge in [0.1, 0.15) is 0 Å². The number of amides is 2. The summed E-state index contributed by atoms with van der Waals surface area (Å²) in [4.78, 5) is 32.7. The van der Waals surface area contributed by atoms with Crippen molar-refractivity contribution in [2.45, 2.75) is 31.8 Å². The molecule has 0 saturated carbocycles. The number of pyridine rings is 1. The number of fused-ring (bicyclic) bond motifs is 1. The van der Waals surface area contributed by atoms with Gasteiger partial charge < -0.3 is 14.5 Å². The molecule has 2 saturated heterocycles. The van der Waals surface area contributed by atoms with Gasteiger partial charge in [-0.15, -0.1) is 0 Å². The fourth-order valence-corrected chi connectivity index (χ4v) is 3.50. The summed E-state index contributed by atoms with van der Waals surface area (Å²) in [6, 6.07) is 1.96. The normalized spacial score (nSPS) is 24.0. The molecule has 2 atom stereocenters. The molecule has 1 aromatic rings. The van der Waals surface area contributed by atoms with Crippen molar-refractivity contribution in [1.29, 1.82) is 0 Å². The van der Waals surface area contributed by atoms with Gasteiger partial charge in [0.2, 0.25) is 5.91 Å². The lowest BCUT2D eigenvalue weighted by Crippen LogP contribution is -2.40. The van der Waals surface area contributed by atoms with Crippen molar-refractivity contribution >= 4 is 11.8 Å². The number of nitrogens with zero attached hydrogens (tertiary/aromatic N) is 3. The van der Waals surface area contributed by atoms with Crippen LogP contribution >= 0.6 is 0 Å². The molecular formula is C16H21N3O3. The molecule has 0 N–H and O–H groups in total.